The van der Waals surface area contributed by atoms with E-state index in [1.807, 2.05) is 13.8 Å². The molecule has 1 atom stereocenters. The van der Waals surface area contributed by atoms with E-state index in [1.165, 1.54) is 6.20 Å². The largest absolute Gasteiger partial charge is 0.481 e. The van der Waals surface area contributed by atoms with Gasteiger partial charge in [-0.2, -0.15) is 0 Å². The van der Waals surface area contributed by atoms with Crippen LogP contribution in [-0.2, 0) is 4.79 Å². The van der Waals surface area contributed by atoms with Gasteiger partial charge in [-0.25, -0.2) is 9.97 Å². The van der Waals surface area contributed by atoms with Crippen LogP contribution in [0.2, 0.25) is 5.02 Å². The average molecular weight is 314 g/mol. The molecule has 21 heavy (non-hydrogen) atoms. The third-order valence-electron chi connectivity index (χ3n) is 3.02. The number of halogens is 1. The summed E-state index contributed by atoms with van der Waals surface area (Å²) in [6.07, 6.45) is 2.51. The topological polar surface area (TPSA) is 92.2 Å². The average Bonchev–Trinajstić information content (AvgIpc) is 2.43. The Bertz CT molecular complexity index is 520. The molecule has 1 rings (SSSR count). The lowest BCUT2D eigenvalue weighted by Crippen LogP contribution is -2.27. The highest BCUT2D eigenvalue weighted by molar-refractivity contribution is 6.33. The maximum Gasteiger partial charge on any atom is 0.306 e. The van der Waals surface area contributed by atoms with Crippen molar-refractivity contribution in [2.45, 2.75) is 39.5 Å². The summed E-state index contributed by atoms with van der Waals surface area (Å²) in [5.74, 6) is -0.958. The smallest absolute Gasteiger partial charge is 0.306 e. The van der Waals surface area contributed by atoms with Crippen LogP contribution in [0.15, 0.2) is 6.20 Å². The van der Waals surface area contributed by atoms with Crippen molar-refractivity contribution in [3.05, 3.63) is 22.7 Å². The number of carbonyl (C=O) groups is 2. The van der Waals surface area contributed by atoms with E-state index in [9.17, 15) is 9.59 Å². The molecular weight excluding hydrogens is 294 g/mol. The van der Waals surface area contributed by atoms with Gasteiger partial charge >= 0.3 is 5.97 Å². The van der Waals surface area contributed by atoms with Crippen LogP contribution >= 0.6 is 11.6 Å². The van der Waals surface area contributed by atoms with Crippen LogP contribution in [0.3, 0.4) is 0 Å². The number of hydrogen-bond acceptors (Lipinski definition) is 4. The number of nitrogens with zero attached hydrogens (tertiary/aromatic N) is 2. The Hall–Kier alpha value is -1.69. The number of aromatic nitrogens is 2. The van der Waals surface area contributed by atoms with Crippen molar-refractivity contribution in [3.63, 3.8) is 0 Å². The number of amides is 1. The zero-order valence-corrected chi connectivity index (χ0v) is 13.1. The molecular formula is C14H20ClN3O3. The second kappa shape index (κ2) is 7.93. The Morgan fingerprint density at radius 3 is 2.62 bits per heavy atom. The predicted octanol–water partition coefficient (Wildman–Crippen LogP) is 2.48. The van der Waals surface area contributed by atoms with E-state index in [2.05, 4.69) is 15.3 Å². The first-order chi connectivity index (χ1) is 9.82. The van der Waals surface area contributed by atoms with E-state index >= 15 is 0 Å². The number of aliphatic carboxylic acids is 1. The molecule has 0 fully saturated rings. The zero-order valence-electron chi connectivity index (χ0n) is 12.4. The van der Waals surface area contributed by atoms with Gasteiger partial charge in [0.05, 0.1) is 17.1 Å². The lowest BCUT2D eigenvalue weighted by atomic mass is 10.1. The Morgan fingerprint density at radius 1 is 1.38 bits per heavy atom. The standard InChI is InChI=1S/C14H20ClN3O3/c1-8(2)12-17-7-10(15)11(18-12)13(19)16-6-4-5-9(3)14(20)21/h7-9H,4-6H2,1-3H3,(H,16,19)(H,20,21). The molecule has 1 amide bonds. The molecule has 1 aromatic rings. The van der Waals surface area contributed by atoms with E-state index in [0.717, 1.165) is 0 Å². The molecule has 0 spiro atoms. The molecule has 1 aromatic heterocycles. The minimum atomic E-state index is -0.832. The molecule has 0 aliphatic heterocycles. The van der Waals surface area contributed by atoms with Crippen LogP contribution in [0, 0.1) is 5.92 Å². The summed E-state index contributed by atoms with van der Waals surface area (Å²) in [5, 5.41) is 11.7. The van der Waals surface area contributed by atoms with Crippen LogP contribution in [0.5, 0.6) is 0 Å². The van der Waals surface area contributed by atoms with Crippen LogP contribution in [0.4, 0.5) is 0 Å². The highest BCUT2D eigenvalue weighted by Gasteiger charge is 2.15. The van der Waals surface area contributed by atoms with Crippen molar-refractivity contribution >= 4 is 23.5 Å². The second-order valence-electron chi connectivity index (χ2n) is 5.22. The van der Waals surface area contributed by atoms with Gasteiger partial charge in [0.1, 0.15) is 11.5 Å². The number of carboxylic acid groups (broad SMARTS) is 1. The van der Waals surface area contributed by atoms with Crippen LogP contribution in [0.25, 0.3) is 0 Å². The monoisotopic (exact) mass is 313 g/mol. The molecule has 0 aliphatic carbocycles. The highest BCUT2D eigenvalue weighted by Crippen LogP contribution is 2.16. The van der Waals surface area contributed by atoms with Crippen LogP contribution in [0.1, 0.15) is 55.8 Å². The van der Waals surface area contributed by atoms with Gasteiger partial charge in [0.2, 0.25) is 0 Å². The summed E-state index contributed by atoms with van der Waals surface area (Å²) in [7, 11) is 0. The molecule has 0 radical (unpaired) electrons. The van der Waals surface area contributed by atoms with Crippen molar-refractivity contribution in [2.75, 3.05) is 6.54 Å². The van der Waals surface area contributed by atoms with E-state index < -0.39 is 11.9 Å². The number of hydrogen-bond donors (Lipinski definition) is 2. The van der Waals surface area contributed by atoms with E-state index in [1.54, 1.807) is 6.92 Å². The van der Waals surface area contributed by atoms with Crippen LogP contribution in [-0.4, -0.2) is 33.5 Å². The SMILES string of the molecule is CC(CCCNC(=O)c1nc(C(C)C)ncc1Cl)C(=O)O. The molecule has 7 heteroatoms. The van der Waals surface area contributed by atoms with E-state index in [-0.39, 0.29) is 22.5 Å². The lowest BCUT2D eigenvalue weighted by Gasteiger charge is -2.09. The van der Waals surface area contributed by atoms with Gasteiger partial charge < -0.3 is 10.4 Å². The minimum Gasteiger partial charge on any atom is -0.481 e. The summed E-state index contributed by atoms with van der Waals surface area (Å²) in [5.41, 5.74) is 0.154. The first-order valence-electron chi connectivity index (χ1n) is 6.86. The first-order valence-corrected chi connectivity index (χ1v) is 7.24. The highest BCUT2D eigenvalue weighted by atomic mass is 35.5. The maximum absolute atomic E-state index is 12.0. The quantitative estimate of drug-likeness (QED) is 0.754. The van der Waals surface area contributed by atoms with E-state index in [4.69, 9.17) is 16.7 Å². The molecule has 0 aromatic carbocycles. The van der Waals surface area contributed by atoms with Crippen molar-refractivity contribution in [1.29, 1.82) is 0 Å². The molecule has 1 unspecified atom stereocenters. The minimum absolute atomic E-state index is 0.102. The fourth-order valence-corrected chi connectivity index (χ4v) is 1.81. The fourth-order valence-electron chi connectivity index (χ4n) is 1.64. The summed E-state index contributed by atoms with van der Waals surface area (Å²) in [6.45, 7) is 5.88. The Labute approximate surface area is 128 Å². The predicted molar refractivity (Wildman–Crippen MR) is 79.5 cm³/mol. The molecule has 0 aliphatic rings. The second-order valence-corrected chi connectivity index (χ2v) is 5.62. The van der Waals surface area contributed by atoms with Crippen molar-refractivity contribution in [1.82, 2.24) is 15.3 Å². The van der Waals surface area contributed by atoms with Crippen molar-refractivity contribution in [3.8, 4) is 0 Å². The Balaban J connectivity index is 2.56. The first kappa shape index (κ1) is 17.4. The van der Waals surface area contributed by atoms with Crippen molar-refractivity contribution in [2.24, 2.45) is 5.92 Å². The Morgan fingerprint density at radius 2 is 2.05 bits per heavy atom. The van der Waals surface area contributed by atoms with Gasteiger partial charge in [0, 0.05) is 12.5 Å². The molecule has 116 valence electrons. The summed E-state index contributed by atoms with van der Waals surface area (Å²) >= 11 is 5.94. The van der Waals surface area contributed by atoms with Gasteiger partial charge in [0.15, 0.2) is 0 Å². The Kier molecular flexibility index (Phi) is 6.55. The lowest BCUT2D eigenvalue weighted by molar-refractivity contribution is -0.141. The number of rotatable bonds is 7. The third kappa shape index (κ3) is 5.30. The van der Waals surface area contributed by atoms with Crippen molar-refractivity contribution < 1.29 is 14.7 Å². The van der Waals surface area contributed by atoms with Gasteiger partial charge in [-0.1, -0.05) is 32.4 Å². The van der Waals surface area contributed by atoms with Gasteiger partial charge in [0.25, 0.3) is 5.91 Å². The van der Waals surface area contributed by atoms with Gasteiger partial charge in [-0.05, 0) is 12.8 Å². The van der Waals surface area contributed by atoms with Gasteiger partial charge in [-0.15, -0.1) is 0 Å². The summed E-state index contributed by atoms with van der Waals surface area (Å²) < 4.78 is 0. The fraction of sp³-hybridized carbons (Fsp3) is 0.571. The summed E-state index contributed by atoms with van der Waals surface area (Å²) in [6, 6.07) is 0. The van der Waals surface area contributed by atoms with Gasteiger partial charge in [-0.3, -0.25) is 9.59 Å². The van der Waals surface area contributed by atoms with E-state index in [0.29, 0.717) is 25.2 Å². The molecule has 6 nitrogen and oxygen atoms in total. The molecule has 0 saturated carbocycles. The molecule has 2 N–H and O–H groups in total. The zero-order chi connectivity index (χ0) is 16.0. The van der Waals surface area contributed by atoms with Crippen LogP contribution < -0.4 is 5.32 Å². The third-order valence-corrected chi connectivity index (χ3v) is 3.29. The number of carbonyl (C=O) groups excluding carboxylic acids is 1. The molecule has 1 heterocycles. The summed E-state index contributed by atoms with van der Waals surface area (Å²) in [4.78, 5) is 30.9. The normalized spacial score (nSPS) is 12.2. The number of nitrogens with one attached hydrogen (secondary N) is 1. The molecule has 0 saturated heterocycles. The molecule has 0 bridgehead atoms. The maximum atomic E-state index is 12.0. The number of carboxylic acids is 1.